The van der Waals surface area contributed by atoms with Crippen molar-refractivity contribution in [2.45, 2.75) is 130 Å². The average molecular weight is 599 g/mol. The molecule has 4 N–H and O–H groups in total. The topological polar surface area (TPSA) is 147 Å². The number of aliphatic hydroxyl groups is 3. The molecule has 0 aromatic carbocycles. The molecule has 4 saturated carbocycles. The van der Waals surface area contributed by atoms with E-state index in [4.69, 9.17) is 0 Å². The molecule has 8 nitrogen and oxygen atoms in total. The lowest BCUT2D eigenvalue weighted by molar-refractivity contribution is -0.228. The first-order valence-corrected chi connectivity index (χ1v) is 17.9. The molecular formula is C32H56NO7S-. The Morgan fingerprint density at radius 1 is 1.02 bits per heavy atom. The first-order chi connectivity index (χ1) is 19.0. The highest BCUT2D eigenvalue weighted by Crippen LogP contribution is 2.69. The van der Waals surface area contributed by atoms with Gasteiger partial charge in [0.1, 0.15) is 0 Å². The Kier molecular flexibility index (Phi) is 9.98. The van der Waals surface area contributed by atoms with Crippen LogP contribution in [0.5, 0.6) is 0 Å². The predicted octanol–water partition coefficient (Wildman–Crippen LogP) is 4.08. The Morgan fingerprint density at radius 3 is 2.32 bits per heavy atom. The maximum Gasteiger partial charge on any atom is 0.220 e. The van der Waals surface area contributed by atoms with Crippen molar-refractivity contribution >= 4 is 16.0 Å². The van der Waals surface area contributed by atoms with E-state index in [9.17, 15) is 33.1 Å². The maximum atomic E-state index is 12.9. The van der Waals surface area contributed by atoms with Crippen molar-refractivity contribution in [1.29, 1.82) is 0 Å². The Morgan fingerprint density at radius 2 is 1.71 bits per heavy atom. The number of amides is 1. The van der Waals surface area contributed by atoms with Crippen LogP contribution in [0.2, 0.25) is 0 Å². The third-order valence-corrected chi connectivity index (χ3v) is 13.4. The van der Waals surface area contributed by atoms with E-state index in [-0.39, 0.29) is 76.6 Å². The molecule has 0 radical (unpaired) electrons. The quantitative estimate of drug-likeness (QED) is 0.277. The van der Waals surface area contributed by atoms with Crippen molar-refractivity contribution in [3.8, 4) is 0 Å². The van der Waals surface area contributed by atoms with Crippen molar-refractivity contribution in [3.05, 3.63) is 0 Å². The van der Waals surface area contributed by atoms with Crippen LogP contribution in [-0.4, -0.2) is 64.3 Å². The van der Waals surface area contributed by atoms with E-state index in [0.29, 0.717) is 19.3 Å². The third-order valence-electron chi connectivity index (χ3n) is 12.6. The van der Waals surface area contributed by atoms with Gasteiger partial charge in [-0.2, -0.15) is 0 Å². The van der Waals surface area contributed by atoms with Gasteiger partial charge in [0.15, 0.2) is 0 Å². The highest BCUT2D eigenvalue weighted by molar-refractivity contribution is 7.85. The third kappa shape index (κ3) is 6.40. The molecular weight excluding hydrogens is 542 g/mol. The van der Waals surface area contributed by atoms with Crippen LogP contribution in [0.1, 0.15) is 106 Å². The lowest BCUT2D eigenvalue weighted by Crippen LogP contribution is -2.65. The zero-order chi connectivity index (χ0) is 30.5. The van der Waals surface area contributed by atoms with Crippen molar-refractivity contribution in [1.82, 2.24) is 5.32 Å². The minimum atomic E-state index is -4.45. The number of hydrogen-bond donors (Lipinski definition) is 4. The number of nitrogens with one attached hydrogen (secondary N) is 1. The van der Waals surface area contributed by atoms with Crippen LogP contribution in [0.15, 0.2) is 0 Å². The summed E-state index contributed by atoms with van der Waals surface area (Å²) in [5.74, 6) is 0.723. The van der Waals surface area contributed by atoms with E-state index in [2.05, 4.69) is 33.0 Å². The number of carbonyl (C=O) groups excluding carboxylic acids is 1. The van der Waals surface area contributed by atoms with E-state index in [1.165, 1.54) is 0 Å². The van der Waals surface area contributed by atoms with E-state index < -0.39 is 34.1 Å². The van der Waals surface area contributed by atoms with Gasteiger partial charge < -0.3 is 25.2 Å². The van der Waals surface area contributed by atoms with Gasteiger partial charge in [-0.1, -0.05) is 48.0 Å². The Hall–Kier alpha value is -0.740. The van der Waals surface area contributed by atoms with E-state index in [1.54, 1.807) is 0 Å². The van der Waals surface area contributed by atoms with Gasteiger partial charge in [-0.15, -0.1) is 0 Å². The summed E-state index contributed by atoms with van der Waals surface area (Å²) in [5, 5.41) is 37.1. The zero-order valence-corrected chi connectivity index (χ0v) is 26.9. The highest BCUT2D eigenvalue weighted by Gasteiger charge is 2.67. The fourth-order valence-electron chi connectivity index (χ4n) is 10.7. The van der Waals surface area contributed by atoms with Crippen LogP contribution in [0.3, 0.4) is 0 Å². The molecule has 0 heterocycles. The molecule has 4 rings (SSSR count). The summed E-state index contributed by atoms with van der Waals surface area (Å²) >= 11 is 0. The number of rotatable bonds is 10. The van der Waals surface area contributed by atoms with Crippen molar-refractivity contribution in [2.75, 3.05) is 5.75 Å². The molecule has 0 aliphatic heterocycles. The molecule has 0 aromatic heterocycles. The molecule has 0 spiro atoms. The van der Waals surface area contributed by atoms with Gasteiger partial charge >= 0.3 is 0 Å². The SMILES string of the molecule is CC[C@H]1[C@@H](O)[C@@H]2[C@H](C[C@H](O)[C@]3(C)[C@@H]([C@H](C)CCC(=O)N[C@@H](CC(C)C)CS(=O)(=O)[O-])CC[C@@H]23)[C@@]2(C)CC[C@@H](O)C[C@@H]12. The summed E-state index contributed by atoms with van der Waals surface area (Å²) in [4.78, 5) is 12.9. The fourth-order valence-corrected chi connectivity index (χ4v) is 11.4. The number of aliphatic hydroxyl groups excluding tert-OH is 3. The highest BCUT2D eigenvalue weighted by atomic mass is 32.2. The minimum absolute atomic E-state index is 0.0119. The first kappa shape index (κ1) is 33.2. The summed E-state index contributed by atoms with van der Waals surface area (Å²) < 4.78 is 34.1. The lowest BCUT2D eigenvalue weighted by atomic mass is 9.41. The van der Waals surface area contributed by atoms with Crippen LogP contribution in [-0.2, 0) is 14.9 Å². The summed E-state index contributed by atoms with van der Waals surface area (Å²) in [6.07, 6.45) is 6.06. The van der Waals surface area contributed by atoms with E-state index in [0.717, 1.165) is 38.5 Å². The molecule has 4 aliphatic carbocycles. The standard InChI is InChI=1S/C32H57NO7S/c1-7-22-25-15-21(34)12-13-31(25,5)26-16-27(35)32(6)23(9-10-24(32)29(26)30(22)37)19(4)8-11-28(36)33-20(14-18(2)3)17-41(38,39)40/h18-27,29-30,34-35,37H,7-17H2,1-6H3,(H,33,36)(H,38,39,40)/p-1/t19-,20+,21-,22-,23-,24+,25+,26+,27+,29+,30-,31+,32-/m1/s1. The predicted molar refractivity (Wildman–Crippen MR) is 158 cm³/mol. The summed E-state index contributed by atoms with van der Waals surface area (Å²) in [6.45, 7) is 12.8. The van der Waals surface area contributed by atoms with Crippen LogP contribution in [0, 0.1) is 58.2 Å². The lowest BCUT2D eigenvalue weighted by Gasteiger charge is -2.65. The second-order valence-corrected chi connectivity index (χ2v) is 16.8. The molecule has 41 heavy (non-hydrogen) atoms. The van der Waals surface area contributed by atoms with Crippen LogP contribution in [0.4, 0.5) is 0 Å². The summed E-state index contributed by atoms with van der Waals surface area (Å²) in [5.41, 5.74) is -0.331. The number of carbonyl (C=O) groups is 1. The minimum Gasteiger partial charge on any atom is -0.748 e. The van der Waals surface area contributed by atoms with Crippen LogP contribution >= 0.6 is 0 Å². The summed E-state index contributed by atoms with van der Waals surface area (Å²) in [7, 11) is -4.45. The van der Waals surface area contributed by atoms with Gasteiger partial charge in [-0.3, -0.25) is 4.79 Å². The Labute approximate surface area is 248 Å². The number of fused-ring (bicyclic) bond motifs is 5. The first-order valence-electron chi connectivity index (χ1n) is 16.3. The molecule has 4 fully saturated rings. The van der Waals surface area contributed by atoms with Gasteiger partial charge in [-0.25, -0.2) is 8.42 Å². The summed E-state index contributed by atoms with van der Waals surface area (Å²) in [6, 6.07) is -0.684. The van der Waals surface area contributed by atoms with Crippen molar-refractivity contribution in [2.24, 2.45) is 58.2 Å². The molecule has 238 valence electrons. The molecule has 0 aromatic rings. The normalized spacial score (nSPS) is 44.0. The molecule has 1 amide bonds. The van der Waals surface area contributed by atoms with Gasteiger partial charge in [-0.05, 0) is 110 Å². The zero-order valence-electron chi connectivity index (χ0n) is 26.1. The largest absolute Gasteiger partial charge is 0.748 e. The second-order valence-electron chi connectivity index (χ2n) is 15.3. The molecule has 0 unspecified atom stereocenters. The van der Waals surface area contributed by atoms with Gasteiger partial charge in [0.05, 0.1) is 34.2 Å². The molecule has 0 saturated heterocycles. The van der Waals surface area contributed by atoms with Crippen LogP contribution < -0.4 is 5.32 Å². The average Bonchev–Trinajstić information content (AvgIpc) is 3.21. The maximum absolute atomic E-state index is 12.9. The molecule has 13 atom stereocenters. The molecule has 0 bridgehead atoms. The van der Waals surface area contributed by atoms with E-state index in [1.807, 2.05) is 13.8 Å². The van der Waals surface area contributed by atoms with E-state index >= 15 is 0 Å². The monoisotopic (exact) mass is 598 g/mol. The molecule has 4 aliphatic rings. The van der Waals surface area contributed by atoms with Crippen LogP contribution in [0.25, 0.3) is 0 Å². The Balaban J connectivity index is 1.47. The number of hydrogen-bond acceptors (Lipinski definition) is 7. The Bertz CT molecular complexity index is 1040. The smallest absolute Gasteiger partial charge is 0.220 e. The fraction of sp³-hybridized carbons (Fsp3) is 0.969. The van der Waals surface area contributed by atoms with Gasteiger partial charge in [0, 0.05) is 12.5 Å². The van der Waals surface area contributed by atoms with Gasteiger partial charge in [0.25, 0.3) is 0 Å². The second kappa shape index (κ2) is 12.3. The van der Waals surface area contributed by atoms with Crippen molar-refractivity contribution in [3.63, 3.8) is 0 Å². The van der Waals surface area contributed by atoms with Gasteiger partial charge in [0.2, 0.25) is 5.91 Å². The molecule has 9 heteroatoms. The van der Waals surface area contributed by atoms with Crippen molar-refractivity contribution < 1.29 is 33.1 Å².